The van der Waals surface area contributed by atoms with E-state index in [1.54, 1.807) is 24.1 Å². The molecule has 0 aliphatic heterocycles. The smallest absolute Gasteiger partial charge is 0.254 e. The molecular weight excluding hydrogens is 264 g/mol. The van der Waals surface area contributed by atoms with Gasteiger partial charge < -0.3 is 15.0 Å². The maximum Gasteiger partial charge on any atom is 0.254 e. The topological polar surface area (TPSA) is 56.3 Å². The molecular formula is C17H16N2O2. The molecule has 4 nitrogen and oxygen atoms in total. The van der Waals surface area contributed by atoms with Crippen LogP contribution in [0.5, 0.6) is 5.75 Å². The van der Waals surface area contributed by atoms with Gasteiger partial charge in [-0.05, 0) is 35.9 Å². The summed E-state index contributed by atoms with van der Waals surface area (Å²) in [6.45, 7) is 0.500. The second-order valence-corrected chi connectivity index (χ2v) is 5.07. The summed E-state index contributed by atoms with van der Waals surface area (Å²) in [5, 5.41) is 10.2. The number of nitrogens with zero attached hydrogens (tertiary/aromatic N) is 1. The maximum absolute atomic E-state index is 12.6. The van der Waals surface area contributed by atoms with E-state index in [4.69, 9.17) is 0 Å². The maximum atomic E-state index is 12.6. The number of aromatic nitrogens is 1. The van der Waals surface area contributed by atoms with Crippen molar-refractivity contribution in [2.45, 2.75) is 6.54 Å². The lowest BCUT2D eigenvalue weighted by Gasteiger charge is -2.18. The van der Waals surface area contributed by atoms with Crippen molar-refractivity contribution in [3.8, 4) is 5.75 Å². The predicted molar refractivity (Wildman–Crippen MR) is 82.2 cm³/mol. The number of nitrogens with one attached hydrogen (secondary N) is 1. The molecule has 0 saturated carbocycles. The highest BCUT2D eigenvalue weighted by atomic mass is 16.3. The summed E-state index contributed by atoms with van der Waals surface area (Å²) in [4.78, 5) is 17.4. The molecule has 0 spiro atoms. The molecule has 3 rings (SSSR count). The number of phenolic OH excluding ortho intramolecular Hbond substituents is 1. The van der Waals surface area contributed by atoms with Crippen molar-refractivity contribution in [3.05, 3.63) is 65.9 Å². The van der Waals surface area contributed by atoms with Crippen molar-refractivity contribution >= 4 is 16.8 Å². The van der Waals surface area contributed by atoms with E-state index in [9.17, 15) is 9.90 Å². The molecule has 0 saturated heterocycles. The first-order valence-electron chi connectivity index (χ1n) is 6.74. The van der Waals surface area contributed by atoms with Crippen LogP contribution in [0.25, 0.3) is 10.9 Å². The fourth-order valence-electron chi connectivity index (χ4n) is 2.42. The number of rotatable bonds is 3. The van der Waals surface area contributed by atoms with E-state index in [0.29, 0.717) is 12.1 Å². The third-order valence-corrected chi connectivity index (χ3v) is 3.53. The quantitative estimate of drug-likeness (QED) is 0.774. The van der Waals surface area contributed by atoms with E-state index in [0.717, 1.165) is 16.5 Å². The molecule has 4 heteroatoms. The second-order valence-electron chi connectivity index (χ2n) is 5.07. The minimum atomic E-state index is -0.0201. The predicted octanol–water partition coefficient (Wildman–Crippen LogP) is 3.15. The molecule has 1 heterocycles. The van der Waals surface area contributed by atoms with Gasteiger partial charge in [0, 0.05) is 36.3 Å². The highest BCUT2D eigenvalue weighted by Gasteiger charge is 2.15. The van der Waals surface area contributed by atoms with Crippen LogP contribution >= 0.6 is 0 Å². The fraction of sp³-hybridized carbons (Fsp3) is 0.118. The van der Waals surface area contributed by atoms with Crippen molar-refractivity contribution in [1.29, 1.82) is 0 Å². The molecule has 106 valence electrons. The number of H-pyrrole nitrogens is 1. The van der Waals surface area contributed by atoms with Crippen molar-refractivity contribution in [1.82, 2.24) is 9.88 Å². The summed E-state index contributed by atoms with van der Waals surface area (Å²) >= 11 is 0. The van der Waals surface area contributed by atoms with Crippen LogP contribution in [0.2, 0.25) is 0 Å². The van der Waals surface area contributed by atoms with Crippen LogP contribution in [0, 0.1) is 0 Å². The Morgan fingerprint density at radius 3 is 2.67 bits per heavy atom. The number of aromatic amines is 1. The van der Waals surface area contributed by atoms with Crippen molar-refractivity contribution in [3.63, 3.8) is 0 Å². The van der Waals surface area contributed by atoms with Gasteiger partial charge in [-0.15, -0.1) is 0 Å². The van der Waals surface area contributed by atoms with Crippen LogP contribution < -0.4 is 0 Å². The zero-order valence-corrected chi connectivity index (χ0v) is 11.7. The van der Waals surface area contributed by atoms with E-state index in [-0.39, 0.29) is 11.7 Å². The Kier molecular flexibility index (Phi) is 3.36. The molecule has 0 unspecified atom stereocenters. The molecule has 0 aliphatic rings. The van der Waals surface area contributed by atoms with E-state index in [2.05, 4.69) is 4.98 Å². The molecule has 0 bridgehead atoms. The summed E-state index contributed by atoms with van der Waals surface area (Å²) in [5.41, 5.74) is 2.62. The molecule has 0 radical (unpaired) electrons. The van der Waals surface area contributed by atoms with Gasteiger partial charge in [-0.1, -0.05) is 18.2 Å². The lowest BCUT2D eigenvalue weighted by Crippen LogP contribution is -2.26. The van der Waals surface area contributed by atoms with Gasteiger partial charge in [0.1, 0.15) is 5.75 Å². The third kappa shape index (κ3) is 2.60. The number of carbonyl (C=O) groups is 1. The van der Waals surface area contributed by atoms with Crippen molar-refractivity contribution < 1.29 is 9.90 Å². The average Bonchev–Trinajstić information content (AvgIpc) is 2.97. The Labute approximate surface area is 122 Å². The SMILES string of the molecule is CN(Cc1ccc(O)cc1)C(=O)c1cccc2[nH]ccc12. The number of benzene rings is 2. The standard InChI is InChI=1S/C17H16N2O2/c1-19(11-12-5-7-13(20)8-6-12)17(21)15-3-2-4-16-14(15)9-10-18-16/h2-10,18,20H,11H2,1H3. The van der Waals surface area contributed by atoms with E-state index >= 15 is 0 Å². The second kappa shape index (κ2) is 5.32. The van der Waals surface area contributed by atoms with Crippen LogP contribution in [-0.4, -0.2) is 27.9 Å². The number of aromatic hydroxyl groups is 1. The van der Waals surface area contributed by atoms with Gasteiger partial charge in [0.2, 0.25) is 0 Å². The largest absolute Gasteiger partial charge is 0.508 e. The lowest BCUT2D eigenvalue weighted by molar-refractivity contribution is 0.0787. The number of hydrogen-bond acceptors (Lipinski definition) is 2. The number of carbonyl (C=O) groups excluding carboxylic acids is 1. The zero-order valence-electron chi connectivity index (χ0n) is 11.7. The van der Waals surface area contributed by atoms with Gasteiger partial charge in [-0.2, -0.15) is 0 Å². The molecule has 0 aliphatic carbocycles. The van der Waals surface area contributed by atoms with Crippen LogP contribution in [0.3, 0.4) is 0 Å². The minimum absolute atomic E-state index is 0.0201. The first-order chi connectivity index (χ1) is 10.1. The molecule has 21 heavy (non-hydrogen) atoms. The van der Waals surface area contributed by atoms with E-state index in [1.807, 2.05) is 42.6 Å². The number of hydrogen-bond donors (Lipinski definition) is 2. The van der Waals surface area contributed by atoms with Gasteiger partial charge in [0.25, 0.3) is 5.91 Å². The Balaban J connectivity index is 1.84. The van der Waals surface area contributed by atoms with Crippen LogP contribution in [0.15, 0.2) is 54.7 Å². The molecule has 2 N–H and O–H groups in total. The van der Waals surface area contributed by atoms with Gasteiger partial charge in [0.15, 0.2) is 0 Å². The Morgan fingerprint density at radius 2 is 1.90 bits per heavy atom. The monoisotopic (exact) mass is 280 g/mol. The highest BCUT2D eigenvalue weighted by molar-refractivity contribution is 6.06. The number of fused-ring (bicyclic) bond motifs is 1. The van der Waals surface area contributed by atoms with E-state index < -0.39 is 0 Å². The molecule has 1 aromatic heterocycles. The summed E-state index contributed by atoms with van der Waals surface area (Å²) < 4.78 is 0. The summed E-state index contributed by atoms with van der Waals surface area (Å²) in [5.74, 6) is 0.207. The molecule has 3 aromatic rings. The third-order valence-electron chi connectivity index (χ3n) is 3.53. The Hall–Kier alpha value is -2.75. The average molecular weight is 280 g/mol. The normalized spacial score (nSPS) is 10.7. The Morgan fingerprint density at radius 1 is 1.14 bits per heavy atom. The number of amides is 1. The van der Waals surface area contributed by atoms with E-state index in [1.165, 1.54) is 0 Å². The first kappa shape index (κ1) is 13.2. The molecule has 0 fully saturated rings. The summed E-state index contributed by atoms with van der Waals surface area (Å²) in [6.07, 6.45) is 1.83. The zero-order chi connectivity index (χ0) is 14.8. The molecule has 1 amide bonds. The molecule has 2 aromatic carbocycles. The Bertz CT molecular complexity index is 775. The minimum Gasteiger partial charge on any atom is -0.508 e. The van der Waals surface area contributed by atoms with Crippen LogP contribution in [0.4, 0.5) is 0 Å². The fourth-order valence-corrected chi connectivity index (χ4v) is 2.42. The van der Waals surface area contributed by atoms with Gasteiger partial charge in [0.05, 0.1) is 0 Å². The molecule has 0 atom stereocenters. The number of phenols is 1. The highest BCUT2D eigenvalue weighted by Crippen LogP contribution is 2.20. The van der Waals surface area contributed by atoms with Gasteiger partial charge >= 0.3 is 0 Å². The van der Waals surface area contributed by atoms with Crippen LogP contribution in [0.1, 0.15) is 15.9 Å². The van der Waals surface area contributed by atoms with Crippen LogP contribution in [-0.2, 0) is 6.54 Å². The van der Waals surface area contributed by atoms with Gasteiger partial charge in [-0.25, -0.2) is 0 Å². The first-order valence-corrected chi connectivity index (χ1v) is 6.74. The van der Waals surface area contributed by atoms with Gasteiger partial charge in [-0.3, -0.25) is 4.79 Å². The van der Waals surface area contributed by atoms with Crippen molar-refractivity contribution in [2.24, 2.45) is 0 Å². The van der Waals surface area contributed by atoms with Crippen molar-refractivity contribution in [2.75, 3.05) is 7.05 Å². The summed E-state index contributed by atoms with van der Waals surface area (Å²) in [7, 11) is 1.78. The summed E-state index contributed by atoms with van der Waals surface area (Å²) in [6, 6.07) is 14.5. The lowest BCUT2D eigenvalue weighted by atomic mass is 10.1.